The maximum Gasteiger partial charge on any atom is 0.302 e. The highest BCUT2D eigenvalue weighted by Crippen LogP contribution is 2.68. The molecule has 0 saturated heterocycles. The van der Waals surface area contributed by atoms with E-state index in [4.69, 9.17) is 4.74 Å². The summed E-state index contributed by atoms with van der Waals surface area (Å²) < 4.78 is 5.58. The van der Waals surface area contributed by atoms with Gasteiger partial charge < -0.3 is 4.74 Å². The van der Waals surface area contributed by atoms with Crippen LogP contribution in [0.2, 0.25) is 0 Å². The average Bonchev–Trinajstić information content (AvgIpc) is 3.09. The minimum absolute atomic E-state index is 0.00644. The van der Waals surface area contributed by atoms with Crippen LogP contribution in [-0.4, -0.2) is 29.4 Å². The highest BCUT2D eigenvalue weighted by molar-refractivity contribution is 5.94. The molecule has 5 rings (SSSR count). The topological polar surface area (TPSA) is 77.5 Å². The largest absolute Gasteiger partial charge is 0.463 e. The van der Waals surface area contributed by atoms with E-state index in [2.05, 4.69) is 13.8 Å². The van der Waals surface area contributed by atoms with E-state index in [1.54, 1.807) is 6.92 Å². The Morgan fingerprint density at radius 1 is 0.912 bits per heavy atom. The molecule has 0 aromatic heterocycles. The molecule has 5 aliphatic carbocycles. The Kier molecular flexibility index (Phi) is 6.08. The van der Waals surface area contributed by atoms with Gasteiger partial charge in [0.1, 0.15) is 23.5 Å². The van der Waals surface area contributed by atoms with Crippen LogP contribution in [-0.2, 0) is 23.9 Å². The van der Waals surface area contributed by atoms with Crippen molar-refractivity contribution in [3.63, 3.8) is 0 Å². The molecule has 0 N–H and O–H groups in total. The van der Waals surface area contributed by atoms with Crippen molar-refractivity contribution in [2.75, 3.05) is 0 Å². The van der Waals surface area contributed by atoms with Crippen molar-refractivity contribution in [2.24, 2.45) is 52.3 Å². The second kappa shape index (κ2) is 8.55. The van der Waals surface area contributed by atoms with E-state index in [1.165, 1.54) is 6.92 Å². The highest BCUT2D eigenvalue weighted by Gasteiger charge is 2.67. The molecule has 0 aromatic carbocycles. The lowest BCUT2D eigenvalue weighted by Crippen LogP contribution is -2.57. The molecule has 0 amide bonds. The van der Waals surface area contributed by atoms with Gasteiger partial charge in [0.05, 0.1) is 0 Å². The third kappa shape index (κ3) is 3.54. The second-order valence-corrected chi connectivity index (χ2v) is 12.9. The predicted molar refractivity (Wildman–Crippen MR) is 128 cm³/mol. The van der Waals surface area contributed by atoms with Gasteiger partial charge in [-0.1, -0.05) is 20.3 Å². The number of rotatable bonds is 3. The van der Waals surface area contributed by atoms with Crippen LogP contribution in [0.3, 0.4) is 0 Å². The Bertz CT molecular complexity index is 893. The Labute approximate surface area is 204 Å². The number of ether oxygens (including phenoxy) is 1. The van der Waals surface area contributed by atoms with Crippen LogP contribution < -0.4 is 0 Å². The van der Waals surface area contributed by atoms with Crippen molar-refractivity contribution < 1.29 is 23.9 Å². The number of fused-ring (bicyclic) bond motifs is 5. The fourth-order valence-electron chi connectivity index (χ4n) is 9.96. The SMILES string of the molecule is CC(=O)O[C@H]1CC[C@@]2(C)[C@@H](CC[C@@H]3[C@@H]2CC(=O)[C@@]2(C)[C@H]3C[C@H]([C@@H]3CCCCC3=O)[C@@H]2C(C)=O)C1. The highest BCUT2D eigenvalue weighted by atomic mass is 16.5. The molecule has 5 heteroatoms. The fourth-order valence-corrected chi connectivity index (χ4v) is 9.96. The van der Waals surface area contributed by atoms with Crippen molar-refractivity contribution >= 4 is 23.3 Å². The Hall–Kier alpha value is -1.52. The third-order valence-corrected chi connectivity index (χ3v) is 11.5. The van der Waals surface area contributed by atoms with E-state index >= 15 is 0 Å². The van der Waals surface area contributed by atoms with E-state index in [1.807, 2.05) is 0 Å². The Morgan fingerprint density at radius 2 is 1.68 bits per heavy atom. The summed E-state index contributed by atoms with van der Waals surface area (Å²) in [5, 5.41) is 0. The molecule has 0 bridgehead atoms. The summed E-state index contributed by atoms with van der Waals surface area (Å²) in [4.78, 5) is 51.6. The molecular formula is C29H42O5. The number of ketones is 3. The second-order valence-electron chi connectivity index (χ2n) is 12.9. The Balaban J connectivity index is 1.45. The molecule has 34 heavy (non-hydrogen) atoms. The molecule has 0 heterocycles. The molecular weight excluding hydrogens is 428 g/mol. The van der Waals surface area contributed by atoms with Crippen molar-refractivity contribution in [1.82, 2.24) is 0 Å². The number of hydrogen-bond acceptors (Lipinski definition) is 5. The standard InChI is InChI=1S/C29H42O5/c1-16(30)27-22(20-7-5-6-8-25(20)32)14-24-21-10-9-18-13-19(34-17(2)31)11-12-28(18,3)23(21)15-26(33)29(24,27)4/h18-24,27H,5-15H2,1-4H3/t18-,19-,20-,21+,22+,23-,24-,27-,28-,29+/m0/s1. The third-order valence-electron chi connectivity index (χ3n) is 11.5. The van der Waals surface area contributed by atoms with Crippen LogP contribution in [0.25, 0.3) is 0 Å². The zero-order valence-electron chi connectivity index (χ0n) is 21.4. The van der Waals surface area contributed by atoms with Crippen LogP contribution >= 0.6 is 0 Å². The van der Waals surface area contributed by atoms with E-state index < -0.39 is 5.41 Å². The first-order chi connectivity index (χ1) is 16.1. The Morgan fingerprint density at radius 3 is 2.35 bits per heavy atom. The maximum atomic E-state index is 14.0. The first-order valence-electron chi connectivity index (χ1n) is 13.8. The van der Waals surface area contributed by atoms with E-state index in [0.717, 1.165) is 57.8 Å². The normalized spacial score (nSPS) is 48.5. The van der Waals surface area contributed by atoms with Crippen molar-refractivity contribution in [3.8, 4) is 0 Å². The molecule has 0 radical (unpaired) electrons. The minimum atomic E-state index is -0.618. The van der Waals surface area contributed by atoms with Gasteiger partial charge in [0.15, 0.2) is 0 Å². The van der Waals surface area contributed by atoms with Gasteiger partial charge in [-0.05, 0) is 93.3 Å². The van der Waals surface area contributed by atoms with Gasteiger partial charge in [0, 0.05) is 37.0 Å². The quantitative estimate of drug-likeness (QED) is 0.521. The van der Waals surface area contributed by atoms with Crippen molar-refractivity contribution in [2.45, 2.75) is 104 Å². The van der Waals surface area contributed by atoms with E-state index in [-0.39, 0.29) is 52.7 Å². The molecule has 10 atom stereocenters. The smallest absolute Gasteiger partial charge is 0.302 e. The summed E-state index contributed by atoms with van der Waals surface area (Å²) in [5.74, 6) is 1.67. The maximum absolute atomic E-state index is 14.0. The van der Waals surface area contributed by atoms with Crippen LogP contribution in [0, 0.1) is 52.3 Å². The van der Waals surface area contributed by atoms with Crippen molar-refractivity contribution in [1.29, 1.82) is 0 Å². The number of carbonyl (C=O) groups excluding carboxylic acids is 4. The van der Waals surface area contributed by atoms with Gasteiger partial charge in [-0.3, -0.25) is 19.2 Å². The molecule has 0 spiro atoms. The van der Waals surface area contributed by atoms with E-state index in [9.17, 15) is 19.2 Å². The van der Waals surface area contributed by atoms with Gasteiger partial charge in [-0.15, -0.1) is 0 Å². The van der Waals surface area contributed by atoms with Gasteiger partial charge in [0.2, 0.25) is 0 Å². The lowest BCUT2D eigenvalue weighted by molar-refractivity contribution is -0.167. The van der Waals surface area contributed by atoms with Crippen LogP contribution in [0.5, 0.6) is 0 Å². The molecule has 0 aromatic rings. The lowest BCUT2D eigenvalue weighted by Gasteiger charge is -2.60. The first-order valence-corrected chi connectivity index (χ1v) is 13.8. The number of esters is 1. The van der Waals surface area contributed by atoms with Crippen LogP contribution in [0.1, 0.15) is 98.3 Å². The van der Waals surface area contributed by atoms with Crippen molar-refractivity contribution in [3.05, 3.63) is 0 Å². The molecule has 0 unspecified atom stereocenters. The molecule has 5 aliphatic rings. The van der Waals surface area contributed by atoms with E-state index in [0.29, 0.717) is 36.4 Å². The van der Waals surface area contributed by atoms with Gasteiger partial charge >= 0.3 is 5.97 Å². The monoisotopic (exact) mass is 470 g/mol. The summed E-state index contributed by atoms with van der Waals surface area (Å²) in [7, 11) is 0. The average molecular weight is 471 g/mol. The minimum Gasteiger partial charge on any atom is -0.463 e. The summed E-state index contributed by atoms with van der Waals surface area (Å²) in [6.45, 7) is 7.62. The zero-order chi connectivity index (χ0) is 24.4. The molecule has 188 valence electrons. The number of hydrogen-bond donors (Lipinski definition) is 0. The summed E-state index contributed by atoms with van der Waals surface area (Å²) in [6, 6.07) is 0. The van der Waals surface area contributed by atoms with Gasteiger partial charge in [-0.25, -0.2) is 0 Å². The van der Waals surface area contributed by atoms with Crippen LogP contribution in [0.4, 0.5) is 0 Å². The molecule has 5 saturated carbocycles. The summed E-state index contributed by atoms with van der Waals surface area (Å²) in [6.07, 6.45) is 9.94. The summed E-state index contributed by atoms with van der Waals surface area (Å²) in [5.41, 5.74) is -0.533. The summed E-state index contributed by atoms with van der Waals surface area (Å²) >= 11 is 0. The fraction of sp³-hybridized carbons (Fsp3) is 0.862. The zero-order valence-corrected chi connectivity index (χ0v) is 21.4. The van der Waals surface area contributed by atoms with Gasteiger partial charge in [0.25, 0.3) is 0 Å². The number of Topliss-reactive ketones (excluding diaryl/α,β-unsaturated/α-hetero) is 3. The number of carbonyl (C=O) groups is 4. The predicted octanol–water partition coefficient (Wildman–Crippen LogP) is 5.33. The molecule has 0 aliphatic heterocycles. The lowest BCUT2D eigenvalue weighted by atomic mass is 9.44. The first kappa shape index (κ1) is 24.2. The van der Waals surface area contributed by atoms with Crippen LogP contribution in [0.15, 0.2) is 0 Å². The molecule has 5 nitrogen and oxygen atoms in total. The van der Waals surface area contributed by atoms with Gasteiger partial charge in [-0.2, -0.15) is 0 Å². The molecule has 5 fully saturated rings.